The molecule has 0 radical (unpaired) electrons. The zero-order valence-corrected chi connectivity index (χ0v) is 17.5. The van der Waals surface area contributed by atoms with Crippen molar-refractivity contribution in [1.82, 2.24) is 5.43 Å². The first-order valence-corrected chi connectivity index (χ1v) is 10.0. The second-order valence-corrected chi connectivity index (χ2v) is 7.12. The maximum atomic E-state index is 12.8. The molecule has 4 aromatic rings. The highest BCUT2D eigenvalue weighted by atomic mass is 16.6. The average molecular weight is 455 g/mol. The van der Waals surface area contributed by atoms with Crippen molar-refractivity contribution in [2.24, 2.45) is 5.10 Å². The fourth-order valence-corrected chi connectivity index (χ4v) is 3.29. The van der Waals surface area contributed by atoms with Crippen LogP contribution in [0.25, 0.3) is 10.8 Å². The van der Waals surface area contributed by atoms with E-state index in [0.717, 1.165) is 5.39 Å². The van der Waals surface area contributed by atoms with E-state index in [1.54, 1.807) is 36.4 Å². The Kier molecular flexibility index (Phi) is 6.26. The third-order valence-corrected chi connectivity index (χ3v) is 4.92. The maximum Gasteiger partial charge on any atom is 0.344 e. The summed E-state index contributed by atoms with van der Waals surface area (Å²) in [6.45, 7) is 0. The number of carbonyl (C=O) groups excluding carboxylic acids is 2. The molecule has 0 heterocycles. The number of hydrogen-bond donors (Lipinski definition) is 2. The molecule has 0 spiro atoms. The summed E-state index contributed by atoms with van der Waals surface area (Å²) in [6.07, 6.45) is 1.20. The van der Waals surface area contributed by atoms with E-state index in [1.807, 2.05) is 18.2 Å². The van der Waals surface area contributed by atoms with Crippen molar-refractivity contribution >= 4 is 34.6 Å². The lowest BCUT2D eigenvalue weighted by Crippen LogP contribution is -2.17. The Hall–Kier alpha value is -5.05. The molecule has 0 aliphatic heterocycles. The van der Waals surface area contributed by atoms with Gasteiger partial charge in [-0.05, 0) is 41.1 Å². The molecule has 34 heavy (non-hydrogen) atoms. The minimum Gasteiger partial charge on any atom is -0.507 e. The number of phenols is 1. The van der Waals surface area contributed by atoms with Crippen molar-refractivity contribution < 1.29 is 24.4 Å². The van der Waals surface area contributed by atoms with E-state index in [2.05, 4.69) is 10.5 Å². The van der Waals surface area contributed by atoms with E-state index in [4.69, 9.17) is 4.74 Å². The molecule has 0 bridgehead atoms. The number of benzene rings is 4. The number of aromatic hydroxyl groups is 1. The van der Waals surface area contributed by atoms with Crippen molar-refractivity contribution in [2.75, 3.05) is 0 Å². The van der Waals surface area contributed by atoms with Gasteiger partial charge in [0.1, 0.15) is 5.75 Å². The fourth-order valence-electron chi connectivity index (χ4n) is 3.29. The number of nitrogens with zero attached hydrogens (tertiary/aromatic N) is 2. The van der Waals surface area contributed by atoms with Crippen LogP contribution < -0.4 is 10.2 Å². The van der Waals surface area contributed by atoms with Crippen LogP contribution in [0, 0.1) is 10.1 Å². The fraction of sp³-hybridized carbons (Fsp3) is 0. The highest BCUT2D eigenvalue weighted by Crippen LogP contribution is 2.29. The molecule has 0 aliphatic carbocycles. The average Bonchev–Trinajstić information content (AvgIpc) is 2.84. The molecule has 1 amide bonds. The summed E-state index contributed by atoms with van der Waals surface area (Å²) in [7, 11) is 0. The van der Waals surface area contributed by atoms with Gasteiger partial charge in [0.15, 0.2) is 0 Å². The first kappa shape index (κ1) is 22.2. The normalized spacial score (nSPS) is 10.8. The van der Waals surface area contributed by atoms with Crippen molar-refractivity contribution in [3.8, 4) is 11.5 Å². The number of para-hydroxylation sites is 1. The molecular weight excluding hydrogens is 438 g/mol. The van der Waals surface area contributed by atoms with E-state index >= 15 is 0 Å². The maximum absolute atomic E-state index is 12.8. The van der Waals surface area contributed by atoms with Crippen LogP contribution in [0.5, 0.6) is 11.5 Å². The number of hydrazone groups is 1. The molecule has 0 fully saturated rings. The number of nitro benzene ring substituents is 1. The minimum absolute atomic E-state index is 0.0290. The summed E-state index contributed by atoms with van der Waals surface area (Å²) in [5.74, 6) is -1.80. The van der Waals surface area contributed by atoms with Crippen LogP contribution in [0.2, 0.25) is 0 Å². The lowest BCUT2D eigenvalue weighted by atomic mass is 10.0. The summed E-state index contributed by atoms with van der Waals surface area (Å²) in [5, 5.41) is 26.6. The molecule has 0 saturated carbocycles. The molecule has 168 valence electrons. The molecule has 0 aliphatic rings. The van der Waals surface area contributed by atoms with Crippen LogP contribution in [-0.4, -0.2) is 28.1 Å². The van der Waals surface area contributed by atoms with E-state index < -0.39 is 22.5 Å². The number of hydrogen-bond acceptors (Lipinski definition) is 7. The molecule has 4 aromatic carbocycles. The number of carbonyl (C=O) groups is 2. The van der Waals surface area contributed by atoms with Gasteiger partial charge in [0, 0.05) is 11.6 Å². The summed E-state index contributed by atoms with van der Waals surface area (Å²) in [4.78, 5) is 35.7. The van der Waals surface area contributed by atoms with Gasteiger partial charge in [0.05, 0.1) is 22.3 Å². The molecule has 2 N–H and O–H groups in total. The number of amides is 1. The summed E-state index contributed by atoms with van der Waals surface area (Å²) in [5.41, 5.74) is 2.40. The predicted octanol–water partition coefficient (Wildman–Crippen LogP) is 4.44. The highest BCUT2D eigenvalue weighted by Gasteiger charge is 2.20. The number of fused-ring (bicyclic) bond motifs is 1. The standard InChI is InChI=1S/C25H17N3O6/c29-22-11-4-3-9-20(22)24(30)27-26-15-16-12-13-23(21(14-16)28(32)33)34-25(31)19-10-5-7-17-6-1-2-8-18(17)19/h1-15,29H,(H,27,30). The zero-order valence-electron chi connectivity index (χ0n) is 17.5. The Labute approximate surface area is 193 Å². The van der Waals surface area contributed by atoms with Crippen LogP contribution in [0.4, 0.5) is 5.69 Å². The molecule has 0 saturated heterocycles. The van der Waals surface area contributed by atoms with Crippen LogP contribution in [-0.2, 0) is 0 Å². The molecule has 0 aromatic heterocycles. The minimum atomic E-state index is -0.726. The Bertz CT molecular complexity index is 1440. The lowest BCUT2D eigenvalue weighted by Gasteiger charge is -2.08. The highest BCUT2D eigenvalue weighted by molar-refractivity contribution is 6.05. The van der Waals surface area contributed by atoms with Crippen LogP contribution >= 0.6 is 0 Å². The van der Waals surface area contributed by atoms with Gasteiger partial charge < -0.3 is 9.84 Å². The summed E-state index contributed by atoms with van der Waals surface area (Å²) in [6, 6.07) is 22.2. The third kappa shape index (κ3) is 4.73. The van der Waals surface area contributed by atoms with E-state index in [-0.39, 0.29) is 28.2 Å². The van der Waals surface area contributed by atoms with Gasteiger partial charge in [-0.1, -0.05) is 48.5 Å². The molecule has 0 unspecified atom stereocenters. The van der Waals surface area contributed by atoms with Gasteiger partial charge in [0.25, 0.3) is 5.91 Å². The summed E-state index contributed by atoms with van der Waals surface area (Å²) < 4.78 is 5.35. The quantitative estimate of drug-likeness (QED) is 0.145. The van der Waals surface area contributed by atoms with Gasteiger partial charge in [-0.2, -0.15) is 5.10 Å². The van der Waals surface area contributed by atoms with Gasteiger partial charge in [-0.15, -0.1) is 0 Å². The Morgan fingerprint density at radius 1 is 0.941 bits per heavy atom. The molecule has 0 atom stereocenters. The van der Waals surface area contributed by atoms with Gasteiger partial charge in [0.2, 0.25) is 5.75 Å². The summed E-state index contributed by atoms with van der Waals surface area (Å²) >= 11 is 0. The Morgan fingerprint density at radius 2 is 1.65 bits per heavy atom. The number of nitrogens with one attached hydrogen (secondary N) is 1. The second-order valence-electron chi connectivity index (χ2n) is 7.12. The zero-order chi connectivity index (χ0) is 24.1. The lowest BCUT2D eigenvalue weighted by molar-refractivity contribution is -0.385. The van der Waals surface area contributed by atoms with Crippen molar-refractivity contribution in [1.29, 1.82) is 0 Å². The smallest absolute Gasteiger partial charge is 0.344 e. The van der Waals surface area contributed by atoms with E-state index in [1.165, 1.54) is 36.5 Å². The molecule has 9 nitrogen and oxygen atoms in total. The van der Waals surface area contributed by atoms with Crippen LogP contribution in [0.15, 0.2) is 90.0 Å². The van der Waals surface area contributed by atoms with E-state index in [0.29, 0.717) is 5.39 Å². The third-order valence-electron chi connectivity index (χ3n) is 4.92. The Morgan fingerprint density at radius 3 is 2.44 bits per heavy atom. The number of nitro groups is 1. The number of esters is 1. The van der Waals surface area contributed by atoms with Gasteiger partial charge in [-0.3, -0.25) is 14.9 Å². The largest absolute Gasteiger partial charge is 0.507 e. The SMILES string of the molecule is O=C(NN=Cc1ccc(OC(=O)c2cccc3ccccc23)c([N+](=O)[O-])c1)c1ccccc1O. The number of ether oxygens (including phenoxy) is 1. The number of rotatable bonds is 6. The van der Waals surface area contributed by atoms with Crippen molar-refractivity contribution in [3.05, 3.63) is 112 Å². The second kappa shape index (κ2) is 9.61. The van der Waals surface area contributed by atoms with E-state index in [9.17, 15) is 24.8 Å². The predicted molar refractivity (Wildman–Crippen MR) is 125 cm³/mol. The van der Waals surface area contributed by atoms with Crippen molar-refractivity contribution in [3.63, 3.8) is 0 Å². The van der Waals surface area contributed by atoms with Gasteiger partial charge in [-0.25, -0.2) is 10.2 Å². The topological polar surface area (TPSA) is 131 Å². The molecule has 9 heteroatoms. The van der Waals surface area contributed by atoms with Crippen molar-refractivity contribution in [2.45, 2.75) is 0 Å². The number of phenolic OH excluding ortho intramolecular Hbond substituents is 1. The monoisotopic (exact) mass is 455 g/mol. The van der Waals surface area contributed by atoms with Crippen LogP contribution in [0.3, 0.4) is 0 Å². The first-order chi connectivity index (χ1) is 16.4. The van der Waals surface area contributed by atoms with Crippen LogP contribution in [0.1, 0.15) is 26.3 Å². The molecule has 4 rings (SSSR count). The van der Waals surface area contributed by atoms with Gasteiger partial charge >= 0.3 is 11.7 Å². The Balaban J connectivity index is 1.53. The molecular formula is C25H17N3O6. The first-order valence-electron chi connectivity index (χ1n) is 10.0.